The summed E-state index contributed by atoms with van der Waals surface area (Å²) in [4.78, 5) is 28.6. The van der Waals surface area contributed by atoms with Crippen LogP contribution in [0.15, 0.2) is 24.3 Å². The average Bonchev–Trinajstić information content (AvgIpc) is 2.64. The van der Waals surface area contributed by atoms with Crippen LogP contribution in [0.5, 0.6) is 0 Å². The highest BCUT2D eigenvalue weighted by Crippen LogP contribution is 2.21. The van der Waals surface area contributed by atoms with Crippen LogP contribution < -0.4 is 5.32 Å². The third kappa shape index (κ3) is 4.19. The van der Waals surface area contributed by atoms with Crippen molar-refractivity contribution in [3.8, 4) is 0 Å². The maximum Gasteiger partial charge on any atom is 0.321 e. The average molecular weight is 352 g/mol. The standard InChI is InChI=1S/C17H22ClN3O3/c18-14-3-5-15(6-4-14)19-17(23)21-7-1-2-13(12-21)16(22)20-8-10-24-11-9-20/h3-6,13H,1-2,7-12H2,(H,19,23)/t13-/m1/s1. The topological polar surface area (TPSA) is 61.9 Å². The van der Waals surface area contributed by atoms with E-state index in [4.69, 9.17) is 16.3 Å². The van der Waals surface area contributed by atoms with Gasteiger partial charge in [0.1, 0.15) is 0 Å². The predicted molar refractivity (Wildman–Crippen MR) is 92.2 cm³/mol. The molecule has 2 aliphatic heterocycles. The Morgan fingerprint density at radius 1 is 1.08 bits per heavy atom. The first kappa shape index (κ1) is 17.0. The van der Waals surface area contributed by atoms with Gasteiger partial charge < -0.3 is 19.9 Å². The number of carbonyl (C=O) groups excluding carboxylic acids is 2. The van der Waals surface area contributed by atoms with E-state index in [1.807, 2.05) is 4.90 Å². The first-order valence-electron chi connectivity index (χ1n) is 8.31. The summed E-state index contributed by atoms with van der Waals surface area (Å²) >= 11 is 5.85. The van der Waals surface area contributed by atoms with Crippen molar-refractivity contribution in [2.75, 3.05) is 44.7 Å². The SMILES string of the molecule is O=C(Nc1ccc(Cl)cc1)N1CCC[C@@H](C(=O)N2CCOCC2)C1. The van der Waals surface area contributed by atoms with Gasteiger partial charge in [-0.2, -0.15) is 0 Å². The molecule has 0 spiro atoms. The Morgan fingerprint density at radius 2 is 1.79 bits per heavy atom. The number of piperidine rings is 1. The molecule has 1 aromatic carbocycles. The number of likely N-dealkylation sites (tertiary alicyclic amines) is 1. The van der Waals surface area contributed by atoms with Crippen LogP contribution in [0.4, 0.5) is 10.5 Å². The highest BCUT2D eigenvalue weighted by molar-refractivity contribution is 6.30. The number of nitrogens with zero attached hydrogens (tertiary/aromatic N) is 2. The van der Waals surface area contributed by atoms with Crippen LogP contribution >= 0.6 is 11.6 Å². The number of carbonyl (C=O) groups is 2. The molecule has 7 heteroatoms. The van der Waals surface area contributed by atoms with Crippen molar-refractivity contribution in [1.82, 2.24) is 9.80 Å². The van der Waals surface area contributed by atoms with Gasteiger partial charge in [0.05, 0.1) is 19.1 Å². The van der Waals surface area contributed by atoms with Gasteiger partial charge in [-0.15, -0.1) is 0 Å². The van der Waals surface area contributed by atoms with Crippen molar-refractivity contribution >= 4 is 29.2 Å². The Morgan fingerprint density at radius 3 is 2.50 bits per heavy atom. The zero-order valence-electron chi connectivity index (χ0n) is 13.5. The molecule has 3 rings (SSSR count). The molecule has 1 aromatic rings. The van der Waals surface area contributed by atoms with Gasteiger partial charge in [0, 0.05) is 36.9 Å². The number of benzene rings is 1. The Kier molecular flexibility index (Phi) is 5.58. The van der Waals surface area contributed by atoms with E-state index < -0.39 is 0 Å². The van der Waals surface area contributed by atoms with Crippen LogP contribution in [-0.4, -0.2) is 61.1 Å². The second kappa shape index (κ2) is 7.85. The van der Waals surface area contributed by atoms with E-state index in [2.05, 4.69) is 5.32 Å². The van der Waals surface area contributed by atoms with Gasteiger partial charge in [-0.25, -0.2) is 4.79 Å². The molecule has 2 heterocycles. The maximum absolute atomic E-state index is 12.6. The van der Waals surface area contributed by atoms with Gasteiger partial charge in [0.2, 0.25) is 5.91 Å². The molecule has 0 aliphatic carbocycles. The van der Waals surface area contributed by atoms with Crippen molar-refractivity contribution in [2.45, 2.75) is 12.8 Å². The maximum atomic E-state index is 12.6. The second-order valence-corrected chi connectivity index (χ2v) is 6.60. The largest absolute Gasteiger partial charge is 0.378 e. The van der Waals surface area contributed by atoms with Crippen LogP contribution in [-0.2, 0) is 9.53 Å². The molecule has 0 bridgehead atoms. The number of morpholine rings is 1. The summed E-state index contributed by atoms with van der Waals surface area (Å²) in [7, 11) is 0. The van der Waals surface area contributed by atoms with Gasteiger partial charge in [0.25, 0.3) is 0 Å². The fourth-order valence-electron chi connectivity index (χ4n) is 3.14. The molecule has 0 unspecified atom stereocenters. The number of hydrogen-bond acceptors (Lipinski definition) is 3. The molecule has 1 atom stereocenters. The molecular formula is C17H22ClN3O3. The summed E-state index contributed by atoms with van der Waals surface area (Å²) in [6.07, 6.45) is 1.68. The van der Waals surface area contributed by atoms with E-state index in [-0.39, 0.29) is 17.9 Å². The number of rotatable bonds is 2. The number of ether oxygens (including phenoxy) is 1. The fraction of sp³-hybridized carbons (Fsp3) is 0.529. The third-order valence-corrected chi connectivity index (χ3v) is 4.73. The number of anilines is 1. The lowest BCUT2D eigenvalue weighted by Crippen LogP contribution is -2.50. The molecule has 0 aromatic heterocycles. The highest BCUT2D eigenvalue weighted by atomic mass is 35.5. The number of amides is 3. The Bertz CT molecular complexity index is 587. The first-order chi connectivity index (χ1) is 11.6. The molecule has 2 aliphatic rings. The van der Waals surface area contributed by atoms with E-state index >= 15 is 0 Å². The second-order valence-electron chi connectivity index (χ2n) is 6.16. The van der Waals surface area contributed by atoms with Gasteiger partial charge in [-0.05, 0) is 37.1 Å². The third-order valence-electron chi connectivity index (χ3n) is 4.48. The van der Waals surface area contributed by atoms with Crippen molar-refractivity contribution in [3.05, 3.63) is 29.3 Å². The Labute approximate surface area is 146 Å². The summed E-state index contributed by atoms with van der Waals surface area (Å²) in [5, 5.41) is 3.49. The van der Waals surface area contributed by atoms with E-state index in [0.717, 1.165) is 12.8 Å². The molecular weight excluding hydrogens is 330 g/mol. The van der Waals surface area contributed by atoms with Gasteiger partial charge >= 0.3 is 6.03 Å². The van der Waals surface area contributed by atoms with Crippen molar-refractivity contribution < 1.29 is 14.3 Å². The van der Waals surface area contributed by atoms with Gasteiger partial charge in [0.15, 0.2) is 0 Å². The number of hydrogen-bond donors (Lipinski definition) is 1. The minimum atomic E-state index is -0.170. The molecule has 6 nitrogen and oxygen atoms in total. The minimum Gasteiger partial charge on any atom is -0.378 e. The number of urea groups is 1. The first-order valence-corrected chi connectivity index (χ1v) is 8.69. The van der Waals surface area contributed by atoms with Crippen LogP contribution in [0.1, 0.15) is 12.8 Å². The lowest BCUT2D eigenvalue weighted by atomic mass is 9.96. The quantitative estimate of drug-likeness (QED) is 0.890. The van der Waals surface area contributed by atoms with E-state index in [9.17, 15) is 9.59 Å². The molecule has 0 saturated carbocycles. The fourth-order valence-corrected chi connectivity index (χ4v) is 3.27. The van der Waals surface area contributed by atoms with E-state index in [0.29, 0.717) is 50.1 Å². The van der Waals surface area contributed by atoms with E-state index in [1.54, 1.807) is 29.2 Å². The predicted octanol–water partition coefficient (Wildman–Crippen LogP) is 2.44. The summed E-state index contributed by atoms with van der Waals surface area (Å²) in [6, 6.07) is 6.83. The minimum absolute atomic E-state index is 0.118. The zero-order valence-corrected chi connectivity index (χ0v) is 14.3. The highest BCUT2D eigenvalue weighted by Gasteiger charge is 2.31. The van der Waals surface area contributed by atoms with Crippen molar-refractivity contribution in [3.63, 3.8) is 0 Å². The summed E-state index contributed by atoms with van der Waals surface area (Å²) in [5.74, 6) is 0.0233. The monoisotopic (exact) mass is 351 g/mol. The molecule has 130 valence electrons. The van der Waals surface area contributed by atoms with Gasteiger partial charge in [-0.3, -0.25) is 4.79 Å². The van der Waals surface area contributed by atoms with Gasteiger partial charge in [-0.1, -0.05) is 11.6 Å². The molecule has 1 N–H and O–H groups in total. The molecule has 2 fully saturated rings. The Hall–Kier alpha value is -1.79. The van der Waals surface area contributed by atoms with Crippen LogP contribution in [0.25, 0.3) is 0 Å². The molecule has 2 saturated heterocycles. The van der Waals surface area contributed by atoms with Crippen molar-refractivity contribution in [1.29, 1.82) is 0 Å². The van der Waals surface area contributed by atoms with E-state index in [1.165, 1.54) is 0 Å². The lowest BCUT2D eigenvalue weighted by molar-refractivity contribution is -0.141. The smallest absolute Gasteiger partial charge is 0.321 e. The Balaban J connectivity index is 1.57. The molecule has 0 radical (unpaired) electrons. The molecule has 3 amide bonds. The summed E-state index contributed by atoms with van der Waals surface area (Å²) in [6.45, 7) is 3.62. The number of halogens is 1. The van der Waals surface area contributed by atoms with Crippen LogP contribution in [0.3, 0.4) is 0 Å². The molecule has 24 heavy (non-hydrogen) atoms. The summed E-state index contributed by atoms with van der Waals surface area (Å²) < 4.78 is 5.29. The zero-order chi connectivity index (χ0) is 16.9. The van der Waals surface area contributed by atoms with Crippen LogP contribution in [0.2, 0.25) is 5.02 Å². The van der Waals surface area contributed by atoms with Crippen molar-refractivity contribution in [2.24, 2.45) is 5.92 Å². The summed E-state index contributed by atoms with van der Waals surface area (Å²) in [5.41, 5.74) is 0.700. The van der Waals surface area contributed by atoms with Crippen LogP contribution in [0, 0.1) is 5.92 Å². The normalized spacial score (nSPS) is 21.5. The lowest BCUT2D eigenvalue weighted by Gasteiger charge is -2.36. The number of nitrogens with one attached hydrogen (secondary N) is 1.